The Bertz CT molecular complexity index is 972. The van der Waals surface area contributed by atoms with Crippen molar-refractivity contribution in [3.63, 3.8) is 0 Å². The van der Waals surface area contributed by atoms with Gasteiger partial charge in [0.15, 0.2) is 0 Å². The van der Waals surface area contributed by atoms with Crippen LogP contribution in [0.25, 0.3) is 5.76 Å². The van der Waals surface area contributed by atoms with Crippen LogP contribution < -0.4 is 4.74 Å². The molecule has 1 amide bonds. The topological polar surface area (TPSA) is 87.1 Å². The second-order valence-electron chi connectivity index (χ2n) is 7.82. The second kappa shape index (κ2) is 8.22. The lowest BCUT2D eigenvalue weighted by molar-refractivity contribution is -0.141. The molecule has 1 heterocycles. The highest BCUT2D eigenvalue weighted by Crippen LogP contribution is 2.43. The van der Waals surface area contributed by atoms with E-state index in [-0.39, 0.29) is 23.1 Å². The number of methoxy groups -OCH3 is 1. The summed E-state index contributed by atoms with van der Waals surface area (Å²) in [4.78, 5) is 27.8. The number of rotatable bonds is 4. The molecule has 1 saturated carbocycles. The Kier molecular flexibility index (Phi) is 5.48. The molecule has 156 valence electrons. The third-order valence-corrected chi connectivity index (χ3v) is 6.02. The number of ketones is 1. The number of nitrogens with zero attached hydrogens (tertiary/aromatic N) is 1. The van der Waals surface area contributed by atoms with Crippen molar-refractivity contribution in [2.75, 3.05) is 7.11 Å². The van der Waals surface area contributed by atoms with E-state index in [1.807, 2.05) is 0 Å². The molecule has 0 aromatic heterocycles. The summed E-state index contributed by atoms with van der Waals surface area (Å²) in [7, 11) is 1.55. The number of aliphatic hydroxyl groups excluding tert-OH is 1. The number of carbonyl (C=O) groups is 2. The highest BCUT2D eigenvalue weighted by molar-refractivity contribution is 6.46. The van der Waals surface area contributed by atoms with Crippen LogP contribution in [0, 0.1) is 0 Å². The summed E-state index contributed by atoms with van der Waals surface area (Å²) in [6, 6.07) is 12.4. The quantitative estimate of drug-likeness (QED) is 0.452. The van der Waals surface area contributed by atoms with Crippen molar-refractivity contribution < 1.29 is 24.5 Å². The van der Waals surface area contributed by atoms with Gasteiger partial charge in [-0.1, -0.05) is 31.4 Å². The van der Waals surface area contributed by atoms with E-state index in [1.165, 1.54) is 12.1 Å². The maximum absolute atomic E-state index is 13.1. The maximum atomic E-state index is 13.1. The number of ether oxygens (including phenoxy) is 1. The van der Waals surface area contributed by atoms with Crippen LogP contribution in [0.2, 0.25) is 0 Å². The normalized spacial score (nSPS) is 21.8. The summed E-state index contributed by atoms with van der Waals surface area (Å²) in [5, 5.41) is 20.8. The zero-order valence-corrected chi connectivity index (χ0v) is 16.9. The zero-order valence-electron chi connectivity index (χ0n) is 16.9. The van der Waals surface area contributed by atoms with Gasteiger partial charge in [0.1, 0.15) is 17.3 Å². The summed E-state index contributed by atoms with van der Waals surface area (Å²) in [5.41, 5.74) is 1.22. The average molecular weight is 407 g/mol. The molecule has 30 heavy (non-hydrogen) atoms. The Balaban J connectivity index is 1.84. The minimum Gasteiger partial charge on any atom is -0.508 e. The van der Waals surface area contributed by atoms with E-state index < -0.39 is 17.7 Å². The molecule has 0 spiro atoms. The number of aliphatic hydroxyl groups is 1. The van der Waals surface area contributed by atoms with Gasteiger partial charge in [-0.05, 0) is 54.8 Å². The van der Waals surface area contributed by atoms with Gasteiger partial charge in [-0.3, -0.25) is 9.59 Å². The fraction of sp³-hybridized carbons (Fsp3) is 0.333. The molecule has 4 rings (SSSR count). The fourth-order valence-corrected chi connectivity index (χ4v) is 4.47. The van der Waals surface area contributed by atoms with Crippen molar-refractivity contribution in [1.82, 2.24) is 4.90 Å². The van der Waals surface area contributed by atoms with E-state index in [4.69, 9.17) is 4.74 Å². The molecule has 2 N–H and O–H groups in total. The Morgan fingerprint density at radius 3 is 2.20 bits per heavy atom. The van der Waals surface area contributed by atoms with Crippen LogP contribution in [0.4, 0.5) is 0 Å². The smallest absolute Gasteiger partial charge is 0.295 e. The molecule has 1 unspecified atom stereocenters. The number of phenolic OH excluding ortho intramolecular Hbond substituents is 1. The Morgan fingerprint density at radius 1 is 0.967 bits per heavy atom. The number of amides is 1. The number of aromatic hydroxyl groups is 1. The standard InChI is InChI=1S/C24H25NO5/c1-30-19-13-9-16(10-14-19)22(27)20-21(15-7-11-18(26)12-8-15)25(24(29)23(20)28)17-5-3-2-4-6-17/h7-14,17,21,26-27H,2-6H2,1H3/b22-20-. The largest absolute Gasteiger partial charge is 0.508 e. The third kappa shape index (κ3) is 3.54. The van der Waals surface area contributed by atoms with Crippen LogP contribution in [0.15, 0.2) is 54.1 Å². The van der Waals surface area contributed by atoms with Gasteiger partial charge in [-0.25, -0.2) is 0 Å². The summed E-state index contributed by atoms with van der Waals surface area (Å²) >= 11 is 0. The van der Waals surface area contributed by atoms with Crippen LogP contribution in [0.1, 0.15) is 49.3 Å². The van der Waals surface area contributed by atoms with Crippen molar-refractivity contribution in [2.24, 2.45) is 0 Å². The molecule has 6 nitrogen and oxygen atoms in total. The van der Waals surface area contributed by atoms with E-state index in [2.05, 4.69) is 0 Å². The van der Waals surface area contributed by atoms with Crippen LogP contribution in [-0.4, -0.2) is 40.0 Å². The molecule has 2 aromatic carbocycles. The number of hydrogen-bond acceptors (Lipinski definition) is 5. The molecular weight excluding hydrogens is 382 g/mol. The molecule has 1 aliphatic heterocycles. The molecule has 2 aromatic rings. The first-order valence-electron chi connectivity index (χ1n) is 10.2. The third-order valence-electron chi connectivity index (χ3n) is 6.02. The average Bonchev–Trinajstić information content (AvgIpc) is 3.05. The number of carbonyl (C=O) groups excluding carboxylic acids is 2. The molecule has 1 aliphatic carbocycles. The van der Waals surface area contributed by atoms with Gasteiger partial charge in [-0.15, -0.1) is 0 Å². The van der Waals surface area contributed by atoms with Crippen molar-refractivity contribution >= 4 is 17.4 Å². The highest BCUT2D eigenvalue weighted by Gasteiger charge is 2.48. The molecule has 2 aliphatic rings. The van der Waals surface area contributed by atoms with Crippen molar-refractivity contribution in [1.29, 1.82) is 0 Å². The molecule has 0 radical (unpaired) electrons. The number of likely N-dealkylation sites (tertiary alicyclic amines) is 1. The molecule has 0 bridgehead atoms. The van der Waals surface area contributed by atoms with Crippen LogP contribution in [0.5, 0.6) is 11.5 Å². The van der Waals surface area contributed by atoms with E-state index >= 15 is 0 Å². The van der Waals surface area contributed by atoms with Gasteiger partial charge < -0.3 is 19.8 Å². The lowest BCUT2D eigenvalue weighted by atomic mass is 9.91. The SMILES string of the molecule is COc1ccc(/C(O)=C2/C(=O)C(=O)N(C3CCCCC3)C2c2ccc(O)cc2)cc1. The zero-order chi connectivity index (χ0) is 21.3. The number of phenols is 1. The van der Waals surface area contributed by atoms with Crippen molar-refractivity contribution in [2.45, 2.75) is 44.2 Å². The monoisotopic (exact) mass is 407 g/mol. The van der Waals surface area contributed by atoms with Crippen LogP contribution in [-0.2, 0) is 9.59 Å². The Hall–Kier alpha value is -3.28. The van der Waals surface area contributed by atoms with Gasteiger partial charge in [0.25, 0.3) is 11.7 Å². The first-order valence-corrected chi connectivity index (χ1v) is 10.2. The first kappa shape index (κ1) is 20.0. The lowest BCUT2D eigenvalue weighted by Crippen LogP contribution is -2.40. The maximum Gasteiger partial charge on any atom is 0.295 e. The predicted molar refractivity (Wildman–Crippen MR) is 112 cm³/mol. The van der Waals surface area contributed by atoms with E-state index in [0.29, 0.717) is 16.9 Å². The first-order chi connectivity index (χ1) is 14.5. The van der Waals surface area contributed by atoms with Crippen molar-refractivity contribution in [3.05, 3.63) is 65.2 Å². The van der Waals surface area contributed by atoms with Gasteiger partial charge in [0.2, 0.25) is 0 Å². The van der Waals surface area contributed by atoms with Crippen molar-refractivity contribution in [3.8, 4) is 11.5 Å². The lowest BCUT2D eigenvalue weighted by Gasteiger charge is -2.35. The molecular formula is C24H25NO5. The predicted octanol–water partition coefficient (Wildman–Crippen LogP) is 4.16. The van der Waals surface area contributed by atoms with E-state index in [1.54, 1.807) is 48.4 Å². The fourth-order valence-electron chi connectivity index (χ4n) is 4.47. The summed E-state index contributed by atoms with van der Waals surface area (Å²) in [6.45, 7) is 0. The van der Waals surface area contributed by atoms with Gasteiger partial charge in [-0.2, -0.15) is 0 Å². The minimum absolute atomic E-state index is 0.0461. The summed E-state index contributed by atoms with van der Waals surface area (Å²) in [5.74, 6) is -0.720. The molecule has 1 atom stereocenters. The molecule has 1 saturated heterocycles. The molecule has 2 fully saturated rings. The minimum atomic E-state index is -0.684. The number of benzene rings is 2. The van der Waals surface area contributed by atoms with Gasteiger partial charge >= 0.3 is 0 Å². The van der Waals surface area contributed by atoms with E-state index in [9.17, 15) is 19.8 Å². The Morgan fingerprint density at radius 2 is 1.60 bits per heavy atom. The van der Waals surface area contributed by atoms with Gasteiger partial charge in [0.05, 0.1) is 18.7 Å². The second-order valence-corrected chi connectivity index (χ2v) is 7.82. The van der Waals surface area contributed by atoms with Gasteiger partial charge in [0, 0.05) is 11.6 Å². The highest BCUT2D eigenvalue weighted by atomic mass is 16.5. The summed E-state index contributed by atoms with van der Waals surface area (Å²) < 4.78 is 5.16. The van der Waals surface area contributed by atoms with Crippen LogP contribution in [0.3, 0.4) is 0 Å². The summed E-state index contributed by atoms with van der Waals surface area (Å²) in [6.07, 6.45) is 4.81. The number of hydrogen-bond donors (Lipinski definition) is 2. The number of Topliss-reactive ketones (excluding diaryl/α,β-unsaturated/α-hetero) is 1. The Labute approximate surface area is 175 Å². The van der Waals surface area contributed by atoms with Crippen LogP contribution >= 0.6 is 0 Å². The molecule has 6 heteroatoms. The van der Waals surface area contributed by atoms with E-state index in [0.717, 1.165) is 32.1 Å².